The third-order valence-corrected chi connectivity index (χ3v) is 5.81. The Hall–Kier alpha value is -1.61. The van der Waals surface area contributed by atoms with Gasteiger partial charge in [0.25, 0.3) is 5.91 Å². The number of rotatable bonds is 5. The molecule has 1 unspecified atom stereocenters. The van der Waals surface area contributed by atoms with Gasteiger partial charge in [-0.2, -0.15) is 0 Å². The molecule has 0 spiro atoms. The van der Waals surface area contributed by atoms with Gasteiger partial charge < -0.3 is 20.3 Å². The Bertz CT molecular complexity index is 686. The van der Waals surface area contributed by atoms with Crippen molar-refractivity contribution in [2.45, 2.75) is 39.2 Å². The molecule has 3 amide bonds. The van der Waals surface area contributed by atoms with Crippen molar-refractivity contribution < 1.29 is 19.1 Å². The predicted octanol–water partition coefficient (Wildman–Crippen LogP) is 3.00. The lowest BCUT2D eigenvalue weighted by atomic mass is 9.97. The summed E-state index contributed by atoms with van der Waals surface area (Å²) in [4.78, 5) is 39.0. The summed E-state index contributed by atoms with van der Waals surface area (Å²) in [7, 11) is 0. The van der Waals surface area contributed by atoms with Crippen molar-refractivity contribution in [3.05, 3.63) is 20.8 Å². The number of nitrogens with zero attached hydrogens (tertiary/aromatic N) is 1. The van der Waals surface area contributed by atoms with E-state index in [1.54, 1.807) is 25.7 Å². The van der Waals surface area contributed by atoms with E-state index in [1.165, 1.54) is 11.3 Å². The van der Waals surface area contributed by atoms with Crippen LogP contribution in [-0.4, -0.2) is 54.6 Å². The minimum absolute atomic E-state index is 0.0408. The van der Waals surface area contributed by atoms with Crippen molar-refractivity contribution in [2.75, 3.05) is 26.2 Å². The highest BCUT2D eigenvalue weighted by Gasteiger charge is 2.29. The number of carbonyl (C=O) groups is 3. The van der Waals surface area contributed by atoms with Gasteiger partial charge in [-0.25, -0.2) is 4.79 Å². The first-order valence-corrected chi connectivity index (χ1v) is 10.6. The highest BCUT2D eigenvalue weighted by molar-refractivity contribution is 9.10. The van der Waals surface area contributed by atoms with Gasteiger partial charge >= 0.3 is 6.09 Å². The van der Waals surface area contributed by atoms with Crippen molar-refractivity contribution in [1.29, 1.82) is 0 Å². The van der Waals surface area contributed by atoms with Crippen molar-refractivity contribution in [2.24, 2.45) is 5.92 Å². The Kier molecular flexibility index (Phi) is 7.67. The van der Waals surface area contributed by atoms with E-state index in [1.807, 2.05) is 11.4 Å². The van der Waals surface area contributed by atoms with Crippen LogP contribution in [0, 0.1) is 5.92 Å². The van der Waals surface area contributed by atoms with Crippen LogP contribution in [0.5, 0.6) is 0 Å². The maximum atomic E-state index is 12.6. The first kappa shape index (κ1) is 21.7. The summed E-state index contributed by atoms with van der Waals surface area (Å²) >= 11 is 4.78. The summed E-state index contributed by atoms with van der Waals surface area (Å²) in [5, 5.41) is 7.29. The molecular formula is C18H26BrN3O4S. The minimum Gasteiger partial charge on any atom is -0.444 e. The molecule has 0 aromatic carbocycles. The first-order chi connectivity index (χ1) is 12.7. The Morgan fingerprint density at radius 2 is 2.00 bits per heavy atom. The van der Waals surface area contributed by atoms with Crippen LogP contribution in [0.3, 0.4) is 0 Å². The molecule has 0 aliphatic carbocycles. The van der Waals surface area contributed by atoms with E-state index < -0.39 is 11.7 Å². The van der Waals surface area contributed by atoms with Gasteiger partial charge in [0.2, 0.25) is 5.91 Å². The summed E-state index contributed by atoms with van der Waals surface area (Å²) < 4.78 is 5.93. The Morgan fingerprint density at radius 1 is 1.30 bits per heavy atom. The minimum atomic E-state index is -0.553. The van der Waals surface area contributed by atoms with Gasteiger partial charge in [-0.3, -0.25) is 9.59 Å². The van der Waals surface area contributed by atoms with Crippen molar-refractivity contribution in [1.82, 2.24) is 15.5 Å². The van der Waals surface area contributed by atoms with Gasteiger partial charge in [0.15, 0.2) is 0 Å². The molecule has 2 rings (SSSR count). The molecule has 7 nitrogen and oxygen atoms in total. The maximum Gasteiger partial charge on any atom is 0.407 e. The number of thiophene rings is 1. The molecule has 1 aromatic rings. The molecule has 1 fully saturated rings. The zero-order valence-electron chi connectivity index (χ0n) is 15.8. The molecule has 0 saturated carbocycles. The van der Waals surface area contributed by atoms with E-state index in [9.17, 15) is 14.4 Å². The second-order valence-corrected chi connectivity index (χ2v) is 9.18. The number of amides is 3. The van der Waals surface area contributed by atoms with Crippen LogP contribution in [0.15, 0.2) is 15.9 Å². The summed E-state index contributed by atoms with van der Waals surface area (Å²) in [6.45, 7) is 7.05. The van der Waals surface area contributed by atoms with Gasteiger partial charge in [0.1, 0.15) is 10.5 Å². The highest BCUT2D eigenvalue weighted by Crippen LogP contribution is 2.26. The Morgan fingerprint density at radius 3 is 2.63 bits per heavy atom. The molecular weight excluding hydrogens is 434 g/mol. The molecule has 2 N–H and O–H groups in total. The van der Waals surface area contributed by atoms with E-state index in [4.69, 9.17) is 4.74 Å². The topological polar surface area (TPSA) is 87.7 Å². The largest absolute Gasteiger partial charge is 0.444 e. The molecule has 1 atom stereocenters. The fourth-order valence-electron chi connectivity index (χ4n) is 2.77. The van der Waals surface area contributed by atoms with E-state index in [0.717, 1.165) is 17.3 Å². The van der Waals surface area contributed by atoms with Gasteiger partial charge in [0, 0.05) is 30.7 Å². The average Bonchev–Trinajstić information content (AvgIpc) is 3.02. The van der Waals surface area contributed by atoms with Crippen LogP contribution in [-0.2, 0) is 9.53 Å². The van der Waals surface area contributed by atoms with Crippen molar-refractivity contribution in [3.8, 4) is 0 Å². The number of halogens is 1. The van der Waals surface area contributed by atoms with Gasteiger partial charge in [-0.1, -0.05) is 0 Å². The quantitative estimate of drug-likeness (QED) is 0.662. The lowest BCUT2D eigenvalue weighted by molar-refractivity contribution is -0.126. The lowest BCUT2D eigenvalue weighted by Gasteiger charge is -2.32. The van der Waals surface area contributed by atoms with Gasteiger partial charge in [0.05, 0.1) is 5.92 Å². The zero-order chi connectivity index (χ0) is 20.0. The molecule has 9 heteroatoms. The molecule has 27 heavy (non-hydrogen) atoms. The SMILES string of the molecule is CC(C)(C)OC(=O)NCCNC(=O)C1CCCN(C(=O)c2sccc2Br)C1. The van der Waals surface area contributed by atoms with Crippen molar-refractivity contribution in [3.63, 3.8) is 0 Å². The number of carbonyl (C=O) groups excluding carboxylic acids is 3. The monoisotopic (exact) mass is 459 g/mol. The Labute approximate surface area is 172 Å². The molecule has 0 bridgehead atoms. The van der Waals surface area contributed by atoms with Crippen LogP contribution in [0.1, 0.15) is 43.3 Å². The van der Waals surface area contributed by atoms with E-state index in [2.05, 4.69) is 26.6 Å². The van der Waals surface area contributed by atoms with Crippen LogP contribution in [0.4, 0.5) is 4.79 Å². The normalized spacial score (nSPS) is 17.3. The number of hydrogen-bond acceptors (Lipinski definition) is 5. The molecule has 1 aliphatic heterocycles. The number of likely N-dealkylation sites (tertiary alicyclic amines) is 1. The maximum absolute atomic E-state index is 12.6. The molecule has 2 heterocycles. The van der Waals surface area contributed by atoms with Crippen LogP contribution >= 0.6 is 27.3 Å². The average molecular weight is 460 g/mol. The molecule has 1 aliphatic rings. The fraction of sp³-hybridized carbons (Fsp3) is 0.611. The van der Waals surface area contributed by atoms with Crippen molar-refractivity contribution >= 4 is 45.2 Å². The molecule has 1 aromatic heterocycles. The van der Waals surface area contributed by atoms with Crippen LogP contribution in [0.2, 0.25) is 0 Å². The van der Waals surface area contributed by atoms with Crippen LogP contribution in [0.25, 0.3) is 0 Å². The summed E-state index contributed by atoms with van der Waals surface area (Å²) in [5.74, 6) is -0.368. The number of nitrogens with one attached hydrogen (secondary N) is 2. The molecule has 0 radical (unpaired) electrons. The van der Waals surface area contributed by atoms with Gasteiger partial charge in [-0.15, -0.1) is 11.3 Å². The highest BCUT2D eigenvalue weighted by atomic mass is 79.9. The smallest absolute Gasteiger partial charge is 0.407 e. The fourth-order valence-corrected chi connectivity index (χ4v) is 4.28. The first-order valence-electron chi connectivity index (χ1n) is 8.94. The molecule has 1 saturated heterocycles. The van der Waals surface area contributed by atoms with E-state index in [0.29, 0.717) is 24.5 Å². The second-order valence-electron chi connectivity index (χ2n) is 7.41. The third-order valence-electron chi connectivity index (χ3n) is 3.98. The second kappa shape index (κ2) is 9.54. The third kappa shape index (κ3) is 6.80. The van der Waals surface area contributed by atoms with Gasteiger partial charge in [-0.05, 0) is 61.0 Å². The van der Waals surface area contributed by atoms with E-state index in [-0.39, 0.29) is 24.3 Å². The number of alkyl carbamates (subject to hydrolysis) is 1. The van der Waals surface area contributed by atoms with Crippen LogP contribution < -0.4 is 10.6 Å². The van der Waals surface area contributed by atoms with E-state index >= 15 is 0 Å². The number of ether oxygens (including phenoxy) is 1. The summed E-state index contributed by atoms with van der Waals surface area (Å²) in [6.07, 6.45) is 1.04. The summed E-state index contributed by atoms with van der Waals surface area (Å²) in [5.41, 5.74) is -0.553. The number of hydrogen-bond donors (Lipinski definition) is 2. The standard InChI is InChI=1S/C18H26BrN3O4S/c1-18(2,3)26-17(25)21-8-7-20-15(23)12-5-4-9-22(11-12)16(24)14-13(19)6-10-27-14/h6,10,12H,4-5,7-9,11H2,1-3H3,(H,20,23)(H,21,25). The molecule has 150 valence electrons. The number of piperidine rings is 1. The lowest BCUT2D eigenvalue weighted by Crippen LogP contribution is -2.46. The summed E-state index contributed by atoms with van der Waals surface area (Å²) in [6, 6.07) is 1.85. The predicted molar refractivity (Wildman–Crippen MR) is 108 cm³/mol. The zero-order valence-corrected chi connectivity index (χ0v) is 18.2. The Balaban J connectivity index is 1.75.